The SMILES string of the molecule is CCCCCCCCCCCCCCCCCCONCCCN. The highest BCUT2D eigenvalue weighted by Crippen LogP contribution is 2.13. The van der Waals surface area contributed by atoms with Gasteiger partial charge in [-0.15, -0.1) is 0 Å². The first kappa shape index (κ1) is 23.9. The summed E-state index contributed by atoms with van der Waals surface area (Å²) in [4.78, 5) is 5.35. The molecular formula is C21H46N2O. The van der Waals surface area contributed by atoms with E-state index in [1.165, 1.54) is 103 Å². The molecule has 0 aromatic heterocycles. The Hall–Kier alpha value is -0.120. The molecule has 0 radical (unpaired) electrons. The van der Waals surface area contributed by atoms with Gasteiger partial charge in [0.2, 0.25) is 0 Å². The van der Waals surface area contributed by atoms with Crippen LogP contribution in [-0.4, -0.2) is 19.7 Å². The van der Waals surface area contributed by atoms with Crippen molar-refractivity contribution in [2.75, 3.05) is 19.7 Å². The van der Waals surface area contributed by atoms with Gasteiger partial charge in [-0.2, -0.15) is 0 Å². The Bertz CT molecular complexity index is 190. The molecule has 0 heterocycles. The Morgan fingerprint density at radius 3 is 1.42 bits per heavy atom. The quantitative estimate of drug-likeness (QED) is 0.195. The lowest BCUT2D eigenvalue weighted by molar-refractivity contribution is 0.0384. The Morgan fingerprint density at radius 1 is 0.583 bits per heavy atom. The van der Waals surface area contributed by atoms with Gasteiger partial charge in [0.15, 0.2) is 0 Å². The first-order valence-corrected chi connectivity index (χ1v) is 11.0. The molecule has 0 aromatic carbocycles. The molecule has 0 fully saturated rings. The summed E-state index contributed by atoms with van der Waals surface area (Å²) < 4.78 is 0. The van der Waals surface area contributed by atoms with Crippen LogP contribution in [0.3, 0.4) is 0 Å². The van der Waals surface area contributed by atoms with Gasteiger partial charge in [-0.25, -0.2) is 5.48 Å². The number of nitrogens with one attached hydrogen (secondary N) is 1. The average Bonchev–Trinajstić information content (AvgIpc) is 2.60. The van der Waals surface area contributed by atoms with Crippen LogP contribution in [0.15, 0.2) is 0 Å². The Balaban J connectivity index is 2.93. The van der Waals surface area contributed by atoms with Crippen molar-refractivity contribution in [3.63, 3.8) is 0 Å². The van der Waals surface area contributed by atoms with E-state index in [4.69, 9.17) is 10.6 Å². The molecule has 0 bridgehead atoms. The van der Waals surface area contributed by atoms with E-state index in [1.807, 2.05) is 0 Å². The molecule has 0 atom stereocenters. The first-order valence-electron chi connectivity index (χ1n) is 11.0. The monoisotopic (exact) mass is 342 g/mol. The molecule has 3 heteroatoms. The third kappa shape index (κ3) is 21.9. The molecule has 146 valence electrons. The van der Waals surface area contributed by atoms with Crippen molar-refractivity contribution in [2.45, 2.75) is 116 Å². The van der Waals surface area contributed by atoms with Gasteiger partial charge in [0.1, 0.15) is 0 Å². The van der Waals surface area contributed by atoms with E-state index in [9.17, 15) is 0 Å². The zero-order valence-electron chi connectivity index (χ0n) is 16.6. The summed E-state index contributed by atoms with van der Waals surface area (Å²) in [6, 6.07) is 0. The highest BCUT2D eigenvalue weighted by Gasteiger charge is 1.95. The second kappa shape index (κ2) is 22.9. The highest BCUT2D eigenvalue weighted by atomic mass is 16.6. The van der Waals surface area contributed by atoms with Crippen LogP contribution in [0.4, 0.5) is 0 Å². The van der Waals surface area contributed by atoms with Crippen LogP contribution in [0.1, 0.15) is 116 Å². The summed E-state index contributed by atoms with van der Waals surface area (Å²) in [5, 5.41) is 0. The van der Waals surface area contributed by atoms with Crippen LogP contribution in [-0.2, 0) is 4.84 Å². The van der Waals surface area contributed by atoms with E-state index < -0.39 is 0 Å². The molecule has 3 nitrogen and oxygen atoms in total. The molecular weight excluding hydrogens is 296 g/mol. The Labute approximate surface area is 152 Å². The minimum Gasteiger partial charge on any atom is -0.330 e. The zero-order chi connectivity index (χ0) is 17.6. The molecule has 0 spiro atoms. The van der Waals surface area contributed by atoms with E-state index in [0.29, 0.717) is 0 Å². The molecule has 0 unspecified atom stereocenters. The molecule has 0 rings (SSSR count). The van der Waals surface area contributed by atoms with E-state index in [-0.39, 0.29) is 0 Å². The summed E-state index contributed by atoms with van der Waals surface area (Å²) in [6.45, 7) is 4.73. The summed E-state index contributed by atoms with van der Waals surface area (Å²) in [6.07, 6.45) is 23.6. The van der Waals surface area contributed by atoms with Crippen LogP contribution in [0, 0.1) is 0 Å². The topological polar surface area (TPSA) is 47.3 Å². The predicted molar refractivity (Wildman–Crippen MR) is 107 cm³/mol. The van der Waals surface area contributed by atoms with E-state index in [0.717, 1.165) is 26.1 Å². The molecule has 0 saturated heterocycles. The van der Waals surface area contributed by atoms with E-state index in [1.54, 1.807) is 0 Å². The standard InChI is InChI=1S/C21H46N2O/c1-2-3-4-5-6-7-8-9-10-11-12-13-14-15-16-17-21-24-23-20-18-19-22/h23H,2-22H2,1H3. The van der Waals surface area contributed by atoms with Gasteiger partial charge in [-0.05, 0) is 19.4 Å². The summed E-state index contributed by atoms with van der Waals surface area (Å²) in [5.41, 5.74) is 8.37. The lowest BCUT2D eigenvalue weighted by Gasteiger charge is -2.05. The van der Waals surface area contributed by atoms with Crippen molar-refractivity contribution in [1.82, 2.24) is 5.48 Å². The van der Waals surface area contributed by atoms with Crippen molar-refractivity contribution < 1.29 is 4.84 Å². The van der Waals surface area contributed by atoms with Gasteiger partial charge in [-0.1, -0.05) is 103 Å². The molecule has 24 heavy (non-hydrogen) atoms. The second-order valence-corrected chi connectivity index (χ2v) is 7.19. The highest BCUT2D eigenvalue weighted by molar-refractivity contribution is 4.50. The molecule has 0 amide bonds. The van der Waals surface area contributed by atoms with Gasteiger partial charge < -0.3 is 10.6 Å². The molecule has 0 aromatic rings. The first-order chi connectivity index (χ1) is 11.9. The number of hydroxylamine groups is 1. The maximum atomic E-state index is 5.41. The van der Waals surface area contributed by atoms with Crippen molar-refractivity contribution in [1.29, 1.82) is 0 Å². The number of hydrogen-bond donors (Lipinski definition) is 2. The van der Waals surface area contributed by atoms with Crippen LogP contribution < -0.4 is 11.2 Å². The lowest BCUT2D eigenvalue weighted by atomic mass is 10.0. The Morgan fingerprint density at radius 2 is 1.00 bits per heavy atom. The maximum absolute atomic E-state index is 5.41. The Kier molecular flexibility index (Phi) is 22.8. The van der Waals surface area contributed by atoms with Crippen LogP contribution in [0.5, 0.6) is 0 Å². The average molecular weight is 343 g/mol. The van der Waals surface area contributed by atoms with Gasteiger partial charge in [0, 0.05) is 6.54 Å². The summed E-state index contributed by atoms with van der Waals surface area (Å²) >= 11 is 0. The van der Waals surface area contributed by atoms with Crippen molar-refractivity contribution in [3.8, 4) is 0 Å². The number of nitrogens with two attached hydrogens (primary N) is 1. The number of rotatable bonds is 21. The van der Waals surface area contributed by atoms with Crippen LogP contribution in [0.25, 0.3) is 0 Å². The third-order valence-corrected chi connectivity index (χ3v) is 4.68. The summed E-state index contributed by atoms with van der Waals surface area (Å²) in [5.74, 6) is 0. The molecule has 0 aliphatic heterocycles. The largest absolute Gasteiger partial charge is 0.330 e. The lowest BCUT2D eigenvalue weighted by Crippen LogP contribution is -2.19. The van der Waals surface area contributed by atoms with Gasteiger partial charge in [-0.3, -0.25) is 0 Å². The number of hydrogen-bond acceptors (Lipinski definition) is 3. The van der Waals surface area contributed by atoms with Gasteiger partial charge >= 0.3 is 0 Å². The fraction of sp³-hybridized carbons (Fsp3) is 1.00. The molecule has 0 saturated carbocycles. The van der Waals surface area contributed by atoms with Gasteiger partial charge in [0.25, 0.3) is 0 Å². The number of unbranched alkanes of at least 4 members (excludes halogenated alkanes) is 15. The minimum atomic E-state index is 0.732. The van der Waals surface area contributed by atoms with Crippen LogP contribution >= 0.6 is 0 Å². The van der Waals surface area contributed by atoms with E-state index in [2.05, 4.69) is 12.4 Å². The fourth-order valence-corrected chi connectivity index (χ4v) is 3.04. The zero-order valence-corrected chi connectivity index (χ0v) is 16.6. The molecule has 0 aliphatic rings. The smallest absolute Gasteiger partial charge is 0.0682 e. The van der Waals surface area contributed by atoms with Crippen LogP contribution in [0.2, 0.25) is 0 Å². The molecule has 0 aliphatic carbocycles. The second-order valence-electron chi connectivity index (χ2n) is 7.19. The van der Waals surface area contributed by atoms with Crippen molar-refractivity contribution in [2.24, 2.45) is 5.73 Å². The van der Waals surface area contributed by atoms with E-state index >= 15 is 0 Å². The maximum Gasteiger partial charge on any atom is 0.0682 e. The van der Waals surface area contributed by atoms with Crippen molar-refractivity contribution >= 4 is 0 Å². The minimum absolute atomic E-state index is 0.732. The normalized spacial score (nSPS) is 11.2. The van der Waals surface area contributed by atoms with Crippen molar-refractivity contribution in [3.05, 3.63) is 0 Å². The third-order valence-electron chi connectivity index (χ3n) is 4.68. The fourth-order valence-electron chi connectivity index (χ4n) is 3.04. The predicted octanol–water partition coefficient (Wildman–Crippen LogP) is 6.12. The molecule has 3 N–H and O–H groups in total. The van der Waals surface area contributed by atoms with Gasteiger partial charge in [0.05, 0.1) is 6.61 Å². The summed E-state index contributed by atoms with van der Waals surface area (Å²) in [7, 11) is 0.